The molecule has 1 aromatic rings. The number of carbonyl (C=O) groups excluding carboxylic acids is 2. The Morgan fingerprint density at radius 1 is 1.06 bits per heavy atom. The molecule has 3 aliphatic rings. The maximum atomic E-state index is 13.5. The lowest BCUT2D eigenvalue weighted by Crippen LogP contribution is -2.48. The van der Waals surface area contributed by atoms with E-state index in [9.17, 15) is 19.5 Å². The Balaban J connectivity index is 1.50. The fourth-order valence-electron chi connectivity index (χ4n) is 5.44. The molecule has 2 saturated heterocycles. The first-order valence-corrected chi connectivity index (χ1v) is 12.8. The number of halogens is 2. The van der Waals surface area contributed by atoms with Crippen molar-refractivity contribution >= 4 is 41.1 Å². The van der Waals surface area contributed by atoms with Crippen molar-refractivity contribution in [2.45, 2.75) is 64.5 Å². The van der Waals surface area contributed by atoms with Gasteiger partial charge in [0.25, 0.3) is 0 Å². The normalized spacial score (nSPS) is 24.4. The van der Waals surface area contributed by atoms with E-state index >= 15 is 0 Å². The molecule has 0 bridgehead atoms. The first kappa shape index (κ1) is 25.1. The Bertz CT molecular complexity index is 973. The Labute approximate surface area is 211 Å². The van der Waals surface area contributed by atoms with E-state index < -0.39 is 6.09 Å². The molecule has 0 unspecified atom stereocenters. The molecular weight excluding hydrogens is 477 g/mol. The van der Waals surface area contributed by atoms with Gasteiger partial charge < -0.3 is 19.8 Å². The molecule has 1 saturated carbocycles. The van der Waals surface area contributed by atoms with E-state index in [-0.39, 0.29) is 41.1 Å². The number of carboxylic acid groups (broad SMARTS) is 1. The quantitative estimate of drug-likeness (QED) is 0.622. The number of amides is 3. The smallest absolute Gasteiger partial charge is 0.407 e. The first-order valence-electron chi connectivity index (χ1n) is 12.1. The van der Waals surface area contributed by atoms with Crippen LogP contribution < -0.4 is 0 Å². The predicted octanol–water partition coefficient (Wildman–Crippen LogP) is 4.71. The first-order chi connectivity index (χ1) is 16.0. The average Bonchev–Trinajstić information content (AvgIpc) is 3.40. The van der Waals surface area contributed by atoms with Crippen molar-refractivity contribution in [1.29, 1.82) is 0 Å². The van der Waals surface area contributed by atoms with Crippen LogP contribution in [0.2, 0.25) is 10.0 Å². The lowest BCUT2D eigenvalue weighted by atomic mass is 9.92. The number of nitrogens with zero attached hydrogens (tertiary/aromatic N) is 3. The topological polar surface area (TPSA) is 81.2 Å². The second-order valence-corrected chi connectivity index (χ2v) is 11.3. The van der Waals surface area contributed by atoms with Gasteiger partial charge in [-0.05, 0) is 57.2 Å². The Hall–Kier alpha value is -1.99. The van der Waals surface area contributed by atoms with Crippen LogP contribution in [-0.2, 0) is 9.59 Å². The van der Waals surface area contributed by atoms with Crippen molar-refractivity contribution in [3.8, 4) is 0 Å². The van der Waals surface area contributed by atoms with Crippen LogP contribution in [0, 0.1) is 11.3 Å². The van der Waals surface area contributed by atoms with Crippen LogP contribution in [0.3, 0.4) is 0 Å². The third kappa shape index (κ3) is 4.87. The summed E-state index contributed by atoms with van der Waals surface area (Å²) in [7, 11) is 0. The summed E-state index contributed by atoms with van der Waals surface area (Å²) in [5.74, 6) is -0.0879. The number of hydrogen-bond acceptors (Lipinski definition) is 3. The molecule has 2 atom stereocenters. The van der Waals surface area contributed by atoms with Gasteiger partial charge in [0.05, 0.1) is 16.1 Å². The molecule has 0 aromatic heterocycles. The minimum Gasteiger partial charge on any atom is -0.465 e. The van der Waals surface area contributed by atoms with Crippen LogP contribution in [0.15, 0.2) is 18.2 Å². The van der Waals surface area contributed by atoms with Gasteiger partial charge in [-0.25, -0.2) is 4.79 Å². The average molecular weight is 510 g/mol. The van der Waals surface area contributed by atoms with Crippen LogP contribution in [0.4, 0.5) is 4.79 Å². The summed E-state index contributed by atoms with van der Waals surface area (Å²) in [5, 5.41) is 10.8. The minimum absolute atomic E-state index is 0.0476. The predicted molar refractivity (Wildman–Crippen MR) is 131 cm³/mol. The number of benzene rings is 1. The third-order valence-electron chi connectivity index (χ3n) is 7.75. The monoisotopic (exact) mass is 509 g/mol. The van der Waals surface area contributed by atoms with E-state index in [4.69, 9.17) is 23.2 Å². The van der Waals surface area contributed by atoms with E-state index in [2.05, 4.69) is 0 Å². The van der Waals surface area contributed by atoms with Crippen LogP contribution in [0.1, 0.15) is 57.9 Å². The number of piperidine rings is 1. The zero-order valence-corrected chi connectivity index (χ0v) is 21.5. The summed E-state index contributed by atoms with van der Waals surface area (Å²) < 4.78 is 0. The molecule has 2 aliphatic heterocycles. The summed E-state index contributed by atoms with van der Waals surface area (Å²) in [6.07, 6.45) is 2.19. The number of carbonyl (C=O) groups is 3. The van der Waals surface area contributed by atoms with E-state index in [0.29, 0.717) is 49.1 Å². The lowest BCUT2D eigenvalue weighted by Gasteiger charge is -2.35. The number of likely N-dealkylation sites (tertiary alicyclic amines) is 2. The zero-order chi connectivity index (χ0) is 24.8. The molecule has 1 aromatic carbocycles. The van der Waals surface area contributed by atoms with Crippen molar-refractivity contribution in [2.24, 2.45) is 11.3 Å². The highest BCUT2D eigenvalue weighted by atomic mass is 35.5. The SMILES string of the molecule is CC(C)N(C(=O)O)[C@@H]1CN(C(=O)C2CCN(C(=O)C3(C)CC3)CC2)C[C@H]1c1ccc(Cl)c(Cl)c1. The van der Waals surface area contributed by atoms with Crippen molar-refractivity contribution in [3.63, 3.8) is 0 Å². The Kier molecular flexibility index (Phi) is 7.07. The maximum absolute atomic E-state index is 13.5. The molecule has 3 fully saturated rings. The standard InChI is InChI=1S/C25H33Cl2N3O4/c1-15(2)30(24(33)34)21-14-29(13-18(21)17-4-5-19(26)20(27)12-17)22(31)16-6-10-28(11-7-16)23(32)25(3)8-9-25/h4-5,12,15-16,18,21H,6-11,13-14H2,1-3H3,(H,33,34)/t18-,21+/m0/s1. The van der Waals surface area contributed by atoms with E-state index in [1.807, 2.05) is 31.7 Å². The molecule has 4 rings (SSSR count). The van der Waals surface area contributed by atoms with Gasteiger partial charge in [0.15, 0.2) is 0 Å². The van der Waals surface area contributed by atoms with Crippen LogP contribution in [0.5, 0.6) is 0 Å². The summed E-state index contributed by atoms with van der Waals surface area (Å²) in [4.78, 5) is 43.4. The summed E-state index contributed by atoms with van der Waals surface area (Å²) in [6.45, 7) is 7.68. The Morgan fingerprint density at radius 2 is 1.71 bits per heavy atom. The summed E-state index contributed by atoms with van der Waals surface area (Å²) in [5.41, 5.74) is 0.683. The van der Waals surface area contributed by atoms with Crippen LogP contribution in [-0.4, -0.2) is 76.0 Å². The van der Waals surface area contributed by atoms with Crippen molar-refractivity contribution in [3.05, 3.63) is 33.8 Å². The molecule has 7 nitrogen and oxygen atoms in total. The fraction of sp³-hybridized carbons (Fsp3) is 0.640. The van der Waals surface area contributed by atoms with Crippen molar-refractivity contribution in [2.75, 3.05) is 26.2 Å². The molecule has 9 heteroatoms. The fourth-order valence-corrected chi connectivity index (χ4v) is 5.74. The summed E-state index contributed by atoms with van der Waals surface area (Å²) >= 11 is 12.4. The Morgan fingerprint density at radius 3 is 2.24 bits per heavy atom. The lowest BCUT2D eigenvalue weighted by molar-refractivity contribution is -0.142. The van der Waals surface area contributed by atoms with Crippen LogP contribution >= 0.6 is 23.2 Å². The molecule has 34 heavy (non-hydrogen) atoms. The molecule has 1 N–H and O–H groups in total. The van der Waals surface area contributed by atoms with Gasteiger partial charge in [-0.2, -0.15) is 0 Å². The van der Waals surface area contributed by atoms with Gasteiger partial charge in [-0.15, -0.1) is 0 Å². The van der Waals surface area contributed by atoms with Gasteiger partial charge in [-0.3, -0.25) is 9.59 Å². The molecule has 186 valence electrons. The largest absolute Gasteiger partial charge is 0.465 e. The van der Waals surface area contributed by atoms with Gasteiger partial charge in [-0.1, -0.05) is 36.2 Å². The molecular formula is C25H33Cl2N3O4. The molecule has 0 spiro atoms. The molecule has 3 amide bonds. The number of hydrogen-bond donors (Lipinski definition) is 1. The summed E-state index contributed by atoms with van der Waals surface area (Å²) in [6, 6.07) is 4.74. The van der Waals surface area contributed by atoms with Crippen LogP contribution in [0.25, 0.3) is 0 Å². The highest BCUT2D eigenvalue weighted by molar-refractivity contribution is 6.42. The van der Waals surface area contributed by atoms with Gasteiger partial charge in [0.2, 0.25) is 11.8 Å². The van der Waals surface area contributed by atoms with E-state index in [0.717, 1.165) is 18.4 Å². The number of rotatable bonds is 5. The van der Waals surface area contributed by atoms with E-state index in [1.165, 1.54) is 4.90 Å². The van der Waals surface area contributed by atoms with Gasteiger partial charge >= 0.3 is 6.09 Å². The second-order valence-electron chi connectivity index (χ2n) is 10.5. The third-order valence-corrected chi connectivity index (χ3v) is 8.49. The maximum Gasteiger partial charge on any atom is 0.407 e. The zero-order valence-electron chi connectivity index (χ0n) is 20.0. The molecule has 2 heterocycles. The minimum atomic E-state index is -1.00. The van der Waals surface area contributed by atoms with Crippen molar-refractivity contribution in [1.82, 2.24) is 14.7 Å². The highest BCUT2D eigenvalue weighted by Gasteiger charge is 2.48. The highest BCUT2D eigenvalue weighted by Crippen LogP contribution is 2.47. The van der Waals surface area contributed by atoms with Gasteiger partial charge in [0.1, 0.15) is 0 Å². The van der Waals surface area contributed by atoms with Gasteiger partial charge in [0, 0.05) is 49.5 Å². The van der Waals surface area contributed by atoms with E-state index in [1.54, 1.807) is 17.0 Å². The molecule has 0 radical (unpaired) electrons. The van der Waals surface area contributed by atoms with Crippen molar-refractivity contribution < 1.29 is 19.5 Å². The molecule has 1 aliphatic carbocycles. The second kappa shape index (κ2) is 9.57.